The number of halogens is 1. The third-order valence-electron chi connectivity index (χ3n) is 4.43. The number of nitrogens with one attached hydrogen (secondary N) is 2. The average Bonchev–Trinajstić information content (AvgIpc) is 3.15. The zero-order valence-electron chi connectivity index (χ0n) is 15.9. The minimum atomic E-state index is -3.64. The molecule has 2 heterocycles. The standard InChI is InChI=1S/C17H23N5O4S.ClH/c1-18-27(23,24)15-10-12(4-6-14(15)25-3)5-7-16-20-17(21-26-16)13-11-19-8-9-22(13)2;/h4-7,10,13,18-19H,8-9,11H2,1-3H3;1H/b7-5+;. The van der Waals surface area contributed by atoms with Crippen LogP contribution >= 0.6 is 12.4 Å². The van der Waals surface area contributed by atoms with Crippen molar-refractivity contribution in [2.75, 3.05) is 40.8 Å². The number of ether oxygens (including phenoxy) is 1. The largest absolute Gasteiger partial charge is 0.495 e. The van der Waals surface area contributed by atoms with Gasteiger partial charge in [0.2, 0.25) is 10.0 Å². The molecule has 9 nitrogen and oxygen atoms in total. The summed E-state index contributed by atoms with van der Waals surface area (Å²) in [6.45, 7) is 2.62. The van der Waals surface area contributed by atoms with Crippen LogP contribution in [0.15, 0.2) is 27.6 Å². The van der Waals surface area contributed by atoms with Gasteiger partial charge < -0.3 is 14.6 Å². The minimum Gasteiger partial charge on any atom is -0.495 e. The van der Waals surface area contributed by atoms with Gasteiger partial charge in [-0.05, 0) is 37.9 Å². The van der Waals surface area contributed by atoms with E-state index in [0.29, 0.717) is 17.3 Å². The Morgan fingerprint density at radius 1 is 1.39 bits per heavy atom. The molecular weight excluding hydrogens is 406 g/mol. The van der Waals surface area contributed by atoms with Crippen molar-refractivity contribution in [2.45, 2.75) is 10.9 Å². The van der Waals surface area contributed by atoms with Crippen LogP contribution in [0.4, 0.5) is 0 Å². The number of hydrogen-bond donors (Lipinski definition) is 2. The highest BCUT2D eigenvalue weighted by molar-refractivity contribution is 7.89. The SMILES string of the molecule is CNS(=O)(=O)c1cc(/C=C/c2nc(C3CNCCN3C)no2)ccc1OC.Cl. The smallest absolute Gasteiger partial charge is 0.250 e. The van der Waals surface area contributed by atoms with E-state index in [0.717, 1.165) is 19.6 Å². The molecule has 3 rings (SSSR count). The van der Waals surface area contributed by atoms with Gasteiger partial charge in [0.25, 0.3) is 5.89 Å². The molecule has 2 aromatic rings. The number of piperazine rings is 1. The lowest BCUT2D eigenvalue weighted by atomic mass is 10.2. The molecule has 0 bridgehead atoms. The van der Waals surface area contributed by atoms with E-state index in [4.69, 9.17) is 9.26 Å². The molecule has 1 aromatic carbocycles. The van der Waals surface area contributed by atoms with E-state index in [1.807, 2.05) is 7.05 Å². The second-order valence-corrected chi connectivity index (χ2v) is 8.00. The highest BCUT2D eigenvalue weighted by atomic mass is 35.5. The monoisotopic (exact) mass is 429 g/mol. The van der Waals surface area contributed by atoms with Gasteiger partial charge in [0.1, 0.15) is 10.6 Å². The Morgan fingerprint density at radius 3 is 2.86 bits per heavy atom. The first-order chi connectivity index (χ1) is 12.9. The molecule has 0 aliphatic carbocycles. The molecule has 0 radical (unpaired) electrons. The van der Waals surface area contributed by atoms with Crippen LogP contribution in [-0.4, -0.2) is 64.3 Å². The molecule has 154 valence electrons. The zero-order valence-corrected chi connectivity index (χ0v) is 17.5. The first kappa shape index (κ1) is 22.3. The molecule has 1 saturated heterocycles. The molecule has 28 heavy (non-hydrogen) atoms. The zero-order chi connectivity index (χ0) is 19.4. The van der Waals surface area contributed by atoms with E-state index < -0.39 is 10.0 Å². The molecule has 1 atom stereocenters. The highest BCUT2D eigenvalue weighted by Gasteiger charge is 2.24. The normalized spacial score (nSPS) is 18.2. The van der Waals surface area contributed by atoms with Crippen molar-refractivity contribution in [3.05, 3.63) is 35.5 Å². The van der Waals surface area contributed by atoms with Crippen molar-refractivity contribution in [2.24, 2.45) is 0 Å². The second-order valence-electron chi connectivity index (χ2n) is 6.14. The summed E-state index contributed by atoms with van der Waals surface area (Å²) in [4.78, 5) is 6.66. The van der Waals surface area contributed by atoms with Crippen LogP contribution in [0.1, 0.15) is 23.3 Å². The van der Waals surface area contributed by atoms with Crippen molar-refractivity contribution in [1.82, 2.24) is 25.1 Å². The molecule has 0 amide bonds. The lowest BCUT2D eigenvalue weighted by Crippen LogP contribution is -2.44. The van der Waals surface area contributed by atoms with Crippen LogP contribution in [-0.2, 0) is 10.0 Å². The Hall–Kier alpha value is -1.98. The minimum absolute atomic E-state index is 0. The summed E-state index contributed by atoms with van der Waals surface area (Å²) in [5, 5.41) is 7.37. The van der Waals surface area contributed by atoms with Gasteiger partial charge in [-0.15, -0.1) is 12.4 Å². The third kappa shape index (κ3) is 4.89. The van der Waals surface area contributed by atoms with E-state index in [1.54, 1.807) is 24.3 Å². The predicted molar refractivity (Wildman–Crippen MR) is 108 cm³/mol. The first-order valence-electron chi connectivity index (χ1n) is 8.49. The number of methoxy groups -OCH3 is 1. The summed E-state index contributed by atoms with van der Waals surface area (Å²) in [6.07, 6.45) is 3.37. The first-order valence-corrected chi connectivity index (χ1v) is 9.97. The van der Waals surface area contributed by atoms with E-state index in [-0.39, 0.29) is 29.1 Å². The fraction of sp³-hybridized carbons (Fsp3) is 0.412. The van der Waals surface area contributed by atoms with Gasteiger partial charge in [-0.25, -0.2) is 13.1 Å². The van der Waals surface area contributed by atoms with Gasteiger partial charge in [0.15, 0.2) is 5.82 Å². The maximum atomic E-state index is 12.1. The maximum Gasteiger partial charge on any atom is 0.250 e. The molecule has 11 heteroatoms. The van der Waals surface area contributed by atoms with Crippen LogP contribution in [0.2, 0.25) is 0 Å². The van der Waals surface area contributed by atoms with Crippen molar-refractivity contribution in [3.63, 3.8) is 0 Å². The van der Waals surface area contributed by atoms with Crippen molar-refractivity contribution >= 4 is 34.6 Å². The van der Waals surface area contributed by atoms with E-state index >= 15 is 0 Å². The Labute approximate surface area is 170 Å². The number of benzene rings is 1. The fourth-order valence-electron chi connectivity index (χ4n) is 2.83. The van der Waals surface area contributed by atoms with E-state index in [1.165, 1.54) is 20.2 Å². The summed E-state index contributed by atoms with van der Waals surface area (Å²) < 4.78 is 37.0. The summed E-state index contributed by atoms with van der Waals surface area (Å²) >= 11 is 0. The Bertz CT molecular complexity index is 931. The lowest BCUT2D eigenvalue weighted by Gasteiger charge is -2.30. The number of aromatic nitrogens is 2. The van der Waals surface area contributed by atoms with Gasteiger partial charge in [-0.2, -0.15) is 4.98 Å². The van der Waals surface area contributed by atoms with Crippen LogP contribution in [0.3, 0.4) is 0 Å². The topological polar surface area (TPSA) is 110 Å². The van der Waals surface area contributed by atoms with Crippen LogP contribution < -0.4 is 14.8 Å². The number of likely N-dealkylation sites (N-methyl/N-ethyl adjacent to an activating group) is 1. The van der Waals surface area contributed by atoms with E-state index in [2.05, 4.69) is 25.1 Å². The van der Waals surface area contributed by atoms with Crippen molar-refractivity contribution in [1.29, 1.82) is 0 Å². The second kappa shape index (κ2) is 9.48. The number of hydrogen-bond acceptors (Lipinski definition) is 8. The van der Waals surface area contributed by atoms with Crippen LogP contribution in [0.5, 0.6) is 5.75 Å². The van der Waals surface area contributed by atoms with Gasteiger partial charge >= 0.3 is 0 Å². The molecule has 0 saturated carbocycles. The summed E-state index contributed by atoms with van der Waals surface area (Å²) in [7, 11) is 1.17. The summed E-state index contributed by atoms with van der Waals surface area (Å²) in [5.74, 6) is 1.25. The summed E-state index contributed by atoms with van der Waals surface area (Å²) in [6, 6.07) is 4.95. The van der Waals surface area contributed by atoms with Gasteiger partial charge in [0, 0.05) is 25.7 Å². The van der Waals surface area contributed by atoms with Gasteiger partial charge in [-0.1, -0.05) is 11.2 Å². The van der Waals surface area contributed by atoms with Gasteiger partial charge in [-0.3, -0.25) is 4.90 Å². The predicted octanol–water partition coefficient (Wildman–Crippen LogP) is 1.15. The average molecular weight is 430 g/mol. The number of sulfonamides is 1. The third-order valence-corrected chi connectivity index (χ3v) is 5.87. The molecule has 1 aromatic heterocycles. The maximum absolute atomic E-state index is 12.1. The fourth-order valence-corrected chi connectivity index (χ4v) is 3.76. The van der Waals surface area contributed by atoms with E-state index in [9.17, 15) is 8.42 Å². The lowest BCUT2D eigenvalue weighted by molar-refractivity contribution is 0.190. The molecule has 1 aliphatic heterocycles. The van der Waals surface area contributed by atoms with Crippen molar-refractivity contribution in [3.8, 4) is 5.75 Å². The Balaban J connectivity index is 0.00000280. The van der Waals surface area contributed by atoms with Crippen molar-refractivity contribution < 1.29 is 17.7 Å². The number of nitrogens with zero attached hydrogens (tertiary/aromatic N) is 3. The van der Waals surface area contributed by atoms with Crippen LogP contribution in [0, 0.1) is 0 Å². The molecular formula is C17H24ClN5O4S. The quantitative estimate of drug-likeness (QED) is 0.703. The highest BCUT2D eigenvalue weighted by Crippen LogP contribution is 2.25. The van der Waals surface area contributed by atoms with Gasteiger partial charge in [0.05, 0.1) is 13.2 Å². The summed E-state index contributed by atoms with van der Waals surface area (Å²) in [5.41, 5.74) is 0.667. The molecule has 0 spiro atoms. The molecule has 2 N–H and O–H groups in total. The Kier molecular flexibility index (Phi) is 7.55. The Morgan fingerprint density at radius 2 is 2.18 bits per heavy atom. The molecule has 1 aliphatic rings. The molecule has 1 unspecified atom stereocenters. The number of rotatable bonds is 6. The molecule has 1 fully saturated rings. The van der Waals surface area contributed by atoms with Crippen LogP contribution in [0.25, 0.3) is 12.2 Å².